The Hall–Kier alpha value is -2.82. The summed E-state index contributed by atoms with van der Waals surface area (Å²) in [5.41, 5.74) is 4.60. The minimum absolute atomic E-state index is 0.0335. The van der Waals surface area contributed by atoms with Crippen LogP contribution in [0.15, 0.2) is 48.5 Å². The molecule has 5 nitrogen and oxygen atoms in total. The first-order chi connectivity index (χ1) is 14.6. The molecule has 30 heavy (non-hydrogen) atoms. The summed E-state index contributed by atoms with van der Waals surface area (Å²) in [6, 6.07) is 15.4. The fourth-order valence-electron chi connectivity index (χ4n) is 4.95. The van der Waals surface area contributed by atoms with Gasteiger partial charge in [-0.15, -0.1) is 0 Å². The van der Waals surface area contributed by atoms with E-state index >= 15 is 0 Å². The third-order valence-corrected chi connectivity index (χ3v) is 6.51. The zero-order valence-corrected chi connectivity index (χ0v) is 17.2. The number of carbonyl (C=O) groups excluding carboxylic acids is 1. The number of ether oxygens (including phenoxy) is 1. The van der Waals surface area contributed by atoms with Crippen LogP contribution in [-0.4, -0.2) is 29.8 Å². The smallest absolute Gasteiger partial charge is 0.407 e. The van der Waals surface area contributed by atoms with Gasteiger partial charge in [0.25, 0.3) is 0 Å². The van der Waals surface area contributed by atoms with Gasteiger partial charge in [-0.05, 0) is 34.6 Å². The Morgan fingerprint density at radius 2 is 1.60 bits per heavy atom. The van der Waals surface area contributed by atoms with Gasteiger partial charge in [-0.1, -0.05) is 87.1 Å². The summed E-state index contributed by atoms with van der Waals surface area (Å²) in [6.07, 6.45) is 6.69. The van der Waals surface area contributed by atoms with Crippen LogP contribution < -0.4 is 5.32 Å². The van der Waals surface area contributed by atoms with Crippen LogP contribution in [0.5, 0.6) is 0 Å². The van der Waals surface area contributed by atoms with Crippen LogP contribution in [0.1, 0.15) is 62.0 Å². The molecule has 2 N–H and O–H groups in total. The van der Waals surface area contributed by atoms with Gasteiger partial charge in [0.15, 0.2) is 0 Å². The molecule has 5 heteroatoms. The van der Waals surface area contributed by atoms with Crippen LogP contribution in [0.2, 0.25) is 0 Å². The van der Waals surface area contributed by atoms with Gasteiger partial charge in [-0.25, -0.2) is 9.59 Å². The zero-order valence-electron chi connectivity index (χ0n) is 17.2. The third kappa shape index (κ3) is 4.50. The molecule has 158 valence electrons. The van der Waals surface area contributed by atoms with Gasteiger partial charge in [-0.2, -0.15) is 0 Å². The average Bonchev–Trinajstić information content (AvgIpc) is 3.38. The van der Waals surface area contributed by atoms with E-state index in [9.17, 15) is 14.7 Å². The first-order valence-corrected chi connectivity index (χ1v) is 11.0. The van der Waals surface area contributed by atoms with Crippen molar-refractivity contribution >= 4 is 12.1 Å². The largest absolute Gasteiger partial charge is 0.480 e. The summed E-state index contributed by atoms with van der Waals surface area (Å²) in [7, 11) is 0. The summed E-state index contributed by atoms with van der Waals surface area (Å²) >= 11 is 0. The second-order valence-corrected chi connectivity index (χ2v) is 8.44. The average molecular weight is 408 g/mol. The maximum Gasteiger partial charge on any atom is 0.407 e. The third-order valence-electron chi connectivity index (χ3n) is 6.51. The molecule has 4 rings (SSSR count). The Kier molecular flexibility index (Phi) is 6.36. The molecule has 0 saturated heterocycles. The number of hydrogen-bond donors (Lipinski definition) is 2. The van der Waals surface area contributed by atoms with E-state index in [4.69, 9.17) is 4.74 Å². The molecular weight excluding hydrogens is 378 g/mol. The van der Waals surface area contributed by atoms with Gasteiger partial charge < -0.3 is 15.2 Å². The van der Waals surface area contributed by atoms with Crippen LogP contribution in [0.4, 0.5) is 4.79 Å². The van der Waals surface area contributed by atoms with Crippen LogP contribution in [0, 0.1) is 5.92 Å². The van der Waals surface area contributed by atoms with Crippen molar-refractivity contribution in [3.8, 4) is 11.1 Å². The van der Waals surface area contributed by atoms with Crippen LogP contribution in [0.25, 0.3) is 11.1 Å². The lowest BCUT2D eigenvalue weighted by molar-refractivity contribution is -0.139. The number of amides is 1. The van der Waals surface area contributed by atoms with E-state index < -0.39 is 18.1 Å². The molecular formula is C25H29NO4. The minimum Gasteiger partial charge on any atom is -0.480 e. The first-order valence-electron chi connectivity index (χ1n) is 11.0. The predicted octanol–water partition coefficient (Wildman–Crippen LogP) is 5.34. The molecule has 0 aliphatic heterocycles. The number of benzene rings is 2. The van der Waals surface area contributed by atoms with E-state index in [0.717, 1.165) is 35.1 Å². The molecule has 0 unspecified atom stereocenters. The standard InChI is InChI=1S/C25H29NO4/c27-24(28)23(15-7-10-17-8-1-2-9-17)26-25(29)30-16-22-20-13-5-3-11-18(20)19-12-4-6-14-21(19)22/h3-6,11-14,17,22-23H,1-2,7-10,15-16H2,(H,26,29)(H,27,28)/t23-/m1/s1. The Morgan fingerprint density at radius 3 is 2.20 bits per heavy atom. The van der Waals surface area contributed by atoms with Crippen LogP contribution >= 0.6 is 0 Å². The van der Waals surface area contributed by atoms with E-state index in [1.54, 1.807) is 0 Å². The number of alkyl carbamates (subject to hydrolysis) is 1. The Balaban J connectivity index is 1.33. The lowest BCUT2D eigenvalue weighted by Gasteiger charge is -2.18. The second-order valence-electron chi connectivity index (χ2n) is 8.44. The van der Waals surface area contributed by atoms with Crippen molar-refractivity contribution in [1.82, 2.24) is 5.32 Å². The van der Waals surface area contributed by atoms with Gasteiger partial charge in [0, 0.05) is 5.92 Å². The summed E-state index contributed by atoms with van der Waals surface area (Å²) < 4.78 is 5.49. The number of fused-ring (bicyclic) bond motifs is 3. The SMILES string of the molecule is O=C(N[C@H](CCCC1CCCC1)C(=O)O)OCC1c2ccccc2-c2ccccc21. The van der Waals surface area contributed by atoms with Gasteiger partial charge in [0.05, 0.1) is 0 Å². The van der Waals surface area contributed by atoms with E-state index in [-0.39, 0.29) is 12.5 Å². The fraction of sp³-hybridized carbons (Fsp3) is 0.440. The van der Waals surface area contributed by atoms with Crippen molar-refractivity contribution < 1.29 is 19.4 Å². The van der Waals surface area contributed by atoms with Gasteiger partial charge in [0.2, 0.25) is 0 Å². The quantitative estimate of drug-likeness (QED) is 0.619. The lowest BCUT2D eigenvalue weighted by atomic mass is 9.98. The summed E-state index contributed by atoms with van der Waals surface area (Å²) in [5, 5.41) is 12.0. The van der Waals surface area contributed by atoms with Crippen molar-refractivity contribution in [2.45, 2.75) is 56.9 Å². The molecule has 1 atom stereocenters. The van der Waals surface area contributed by atoms with Crippen LogP contribution in [0.3, 0.4) is 0 Å². The minimum atomic E-state index is -1.00. The fourth-order valence-corrected chi connectivity index (χ4v) is 4.95. The predicted molar refractivity (Wildman–Crippen MR) is 115 cm³/mol. The maximum atomic E-state index is 12.4. The van der Waals surface area contributed by atoms with Crippen molar-refractivity contribution in [1.29, 1.82) is 0 Å². The van der Waals surface area contributed by atoms with Gasteiger partial charge in [-0.3, -0.25) is 0 Å². The Morgan fingerprint density at radius 1 is 1.00 bits per heavy atom. The number of hydrogen-bond acceptors (Lipinski definition) is 3. The number of aliphatic carboxylic acids is 1. The number of rotatable bonds is 8. The highest BCUT2D eigenvalue weighted by Gasteiger charge is 2.29. The van der Waals surface area contributed by atoms with Crippen LogP contribution in [-0.2, 0) is 9.53 Å². The number of carboxylic acids is 1. The highest BCUT2D eigenvalue weighted by molar-refractivity contribution is 5.81. The van der Waals surface area contributed by atoms with Crippen molar-refractivity contribution in [3.63, 3.8) is 0 Å². The van der Waals surface area contributed by atoms with E-state index in [2.05, 4.69) is 29.6 Å². The monoisotopic (exact) mass is 407 g/mol. The highest BCUT2D eigenvalue weighted by Crippen LogP contribution is 2.44. The number of nitrogens with one attached hydrogen (secondary N) is 1. The van der Waals surface area contributed by atoms with Gasteiger partial charge in [0.1, 0.15) is 12.6 Å². The van der Waals surface area contributed by atoms with Crippen molar-refractivity contribution in [2.24, 2.45) is 5.92 Å². The summed E-state index contributed by atoms with van der Waals surface area (Å²) in [4.78, 5) is 23.9. The molecule has 1 fully saturated rings. The van der Waals surface area contributed by atoms with E-state index in [0.29, 0.717) is 12.3 Å². The molecule has 0 aromatic heterocycles. The molecule has 0 radical (unpaired) electrons. The maximum absolute atomic E-state index is 12.4. The van der Waals surface area contributed by atoms with Crippen molar-refractivity contribution in [3.05, 3.63) is 59.7 Å². The highest BCUT2D eigenvalue weighted by atomic mass is 16.5. The number of carboxylic acid groups (broad SMARTS) is 1. The molecule has 2 aliphatic carbocycles. The van der Waals surface area contributed by atoms with Gasteiger partial charge >= 0.3 is 12.1 Å². The molecule has 1 amide bonds. The molecule has 2 aromatic rings. The van der Waals surface area contributed by atoms with E-state index in [1.807, 2.05) is 24.3 Å². The topological polar surface area (TPSA) is 75.6 Å². The molecule has 0 bridgehead atoms. The summed E-state index contributed by atoms with van der Waals surface area (Å²) in [5.74, 6) is -0.322. The first kappa shape index (κ1) is 20.5. The zero-order chi connectivity index (χ0) is 20.9. The second kappa shape index (κ2) is 9.33. The lowest BCUT2D eigenvalue weighted by Crippen LogP contribution is -2.41. The normalized spacial score (nSPS) is 16.7. The molecule has 2 aliphatic rings. The van der Waals surface area contributed by atoms with E-state index in [1.165, 1.54) is 25.7 Å². The number of carbonyl (C=O) groups is 2. The molecule has 0 heterocycles. The Labute approximate surface area is 177 Å². The van der Waals surface area contributed by atoms with Crippen molar-refractivity contribution in [2.75, 3.05) is 6.61 Å². The molecule has 1 saturated carbocycles. The molecule has 2 aromatic carbocycles. The summed E-state index contributed by atoms with van der Waals surface area (Å²) in [6.45, 7) is 0.189. The molecule has 0 spiro atoms. The Bertz CT molecular complexity index is 858.